The maximum atomic E-state index is 5.84. The molecule has 2 heterocycles. The Morgan fingerprint density at radius 1 is 1.50 bits per heavy atom. The minimum absolute atomic E-state index is 0.303. The molecule has 2 aromatic rings. The van der Waals surface area contributed by atoms with Crippen molar-refractivity contribution < 1.29 is 0 Å². The van der Waals surface area contributed by atoms with Crippen molar-refractivity contribution in [1.29, 1.82) is 0 Å². The molecule has 0 saturated carbocycles. The largest absolute Gasteiger partial charge is 0.383 e. The SMILES string of the molecule is CNC(Cc1cccnc1N)c1ccsc1. The number of hydrogen-bond acceptors (Lipinski definition) is 4. The molecule has 16 heavy (non-hydrogen) atoms. The molecular weight excluding hydrogens is 218 g/mol. The molecule has 4 heteroatoms. The smallest absolute Gasteiger partial charge is 0.126 e. The van der Waals surface area contributed by atoms with E-state index in [1.807, 2.05) is 19.2 Å². The van der Waals surface area contributed by atoms with Crippen molar-refractivity contribution in [2.24, 2.45) is 0 Å². The number of rotatable bonds is 4. The Hall–Kier alpha value is -1.39. The van der Waals surface area contributed by atoms with Crippen LogP contribution >= 0.6 is 11.3 Å². The van der Waals surface area contributed by atoms with Gasteiger partial charge >= 0.3 is 0 Å². The molecule has 0 aromatic carbocycles. The van der Waals surface area contributed by atoms with E-state index in [9.17, 15) is 0 Å². The summed E-state index contributed by atoms with van der Waals surface area (Å²) in [5.41, 5.74) is 8.23. The summed E-state index contributed by atoms with van der Waals surface area (Å²) in [6.07, 6.45) is 2.59. The first kappa shape index (κ1) is 11.1. The van der Waals surface area contributed by atoms with Crippen LogP contribution in [0.1, 0.15) is 17.2 Å². The lowest BCUT2D eigenvalue weighted by molar-refractivity contribution is 0.594. The van der Waals surface area contributed by atoms with Crippen molar-refractivity contribution in [3.63, 3.8) is 0 Å². The van der Waals surface area contributed by atoms with Crippen LogP contribution in [0.15, 0.2) is 35.2 Å². The van der Waals surface area contributed by atoms with Crippen LogP contribution in [0.3, 0.4) is 0 Å². The van der Waals surface area contributed by atoms with Crippen LogP contribution in [0.25, 0.3) is 0 Å². The maximum Gasteiger partial charge on any atom is 0.126 e. The van der Waals surface area contributed by atoms with Gasteiger partial charge in [-0.15, -0.1) is 0 Å². The molecule has 0 aliphatic heterocycles. The molecule has 1 unspecified atom stereocenters. The maximum absolute atomic E-state index is 5.84. The number of pyridine rings is 1. The quantitative estimate of drug-likeness (QED) is 0.851. The lowest BCUT2D eigenvalue weighted by atomic mass is 10.0. The molecule has 84 valence electrons. The van der Waals surface area contributed by atoms with E-state index in [1.54, 1.807) is 17.5 Å². The summed E-state index contributed by atoms with van der Waals surface area (Å²) in [4.78, 5) is 4.10. The van der Waals surface area contributed by atoms with Crippen LogP contribution in [-0.2, 0) is 6.42 Å². The molecule has 0 saturated heterocycles. The molecule has 0 fully saturated rings. The average Bonchev–Trinajstić information content (AvgIpc) is 2.81. The van der Waals surface area contributed by atoms with Gasteiger partial charge in [0.2, 0.25) is 0 Å². The van der Waals surface area contributed by atoms with Crippen molar-refractivity contribution >= 4 is 17.2 Å². The number of hydrogen-bond donors (Lipinski definition) is 2. The Kier molecular flexibility index (Phi) is 3.54. The highest BCUT2D eigenvalue weighted by Crippen LogP contribution is 2.22. The van der Waals surface area contributed by atoms with E-state index in [4.69, 9.17) is 5.73 Å². The third-order valence-corrected chi connectivity index (χ3v) is 3.35. The summed E-state index contributed by atoms with van der Waals surface area (Å²) < 4.78 is 0. The molecular formula is C12H15N3S. The zero-order valence-electron chi connectivity index (χ0n) is 9.18. The van der Waals surface area contributed by atoms with Crippen LogP contribution in [-0.4, -0.2) is 12.0 Å². The number of likely N-dealkylation sites (N-methyl/N-ethyl adjacent to an activating group) is 1. The normalized spacial score (nSPS) is 12.6. The third kappa shape index (κ3) is 2.40. The van der Waals surface area contributed by atoms with Crippen LogP contribution < -0.4 is 11.1 Å². The monoisotopic (exact) mass is 233 g/mol. The summed E-state index contributed by atoms with van der Waals surface area (Å²) in [6.45, 7) is 0. The fourth-order valence-electron chi connectivity index (χ4n) is 1.70. The third-order valence-electron chi connectivity index (χ3n) is 2.64. The molecule has 0 bridgehead atoms. The second-order valence-electron chi connectivity index (χ2n) is 3.65. The second kappa shape index (κ2) is 5.09. The van der Waals surface area contributed by atoms with Gasteiger partial charge in [-0.1, -0.05) is 6.07 Å². The molecule has 2 rings (SSSR count). The lowest BCUT2D eigenvalue weighted by Crippen LogP contribution is -2.18. The first-order valence-electron chi connectivity index (χ1n) is 5.20. The predicted octanol–water partition coefficient (Wildman–Crippen LogP) is 2.23. The molecule has 3 nitrogen and oxygen atoms in total. The van der Waals surface area contributed by atoms with E-state index in [0.717, 1.165) is 12.0 Å². The molecule has 0 aliphatic carbocycles. The van der Waals surface area contributed by atoms with Crippen LogP contribution in [0.5, 0.6) is 0 Å². The lowest BCUT2D eigenvalue weighted by Gasteiger charge is -2.15. The minimum Gasteiger partial charge on any atom is -0.383 e. The number of thiophene rings is 1. The highest BCUT2D eigenvalue weighted by atomic mass is 32.1. The van der Waals surface area contributed by atoms with Crippen LogP contribution in [0, 0.1) is 0 Å². The van der Waals surface area contributed by atoms with Crippen molar-refractivity contribution in [2.75, 3.05) is 12.8 Å². The van der Waals surface area contributed by atoms with Crippen molar-refractivity contribution in [1.82, 2.24) is 10.3 Å². The Morgan fingerprint density at radius 3 is 3.00 bits per heavy atom. The van der Waals surface area contributed by atoms with Gasteiger partial charge in [0.05, 0.1) is 0 Å². The zero-order valence-corrected chi connectivity index (χ0v) is 10.00. The number of nitrogens with one attached hydrogen (secondary N) is 1. The molecule has 2 aromatic heterocycles. The van der Waals surface area contributed by atoms with Crippen molar-refractivity contribution in [2.45, 2.75) is 12.5 Å². The summed E-state index contributed by atoms with van der Waals surface area (Å²) in [6, 6.07) is 6.39. The van der Waals surface area contributed by atoms with E-state index in [-0.39, 0.29) is 0 Å². The average molecular weight is 233 g/mol. The number of aromatic nitrogens is 1. The Labute approximate surface area is 99.3 Å². The van der Waals surface area contributed by atoms with Gasteiger partial charge < -0.3 is 11.1 Å². The van der Waals surface area contributed by atoms with Gasteiger partial charge in [-0.3, -0.25) is 0 Å². The van der Waals surface area contributed by atoms with Gasteiger partial charge in [0.1, 0.15) is 5.82 Å². The first-order valence-corrected chi connectivity index (χ1v) is 6.14. The zero-order chi connectivity index (χ0) is 11.4. The van der Waals surface area contributed by atoms with E-state index in [0.29, 0.717) is 11.9 Å². The highest BCUT2D eigenvalue weighted by molar-refractivity contribution is 7.07. The van der Waals surface area contributed by atoms with Crippen molar-refractivity contribution in [3.05, 3.63) is 46.3 Å². The Morgan fingerprint density at radius 2 is 2.38 bits per heavy atom. The molecule has 0 aliphatic rings. The first-order chi connectivity index (χ1) is 7.81. The van der Waals surface area contributed by atoms with Gasteiger partial charge in [-0.25, -0.2) is 4.98 Å². The van der Waals surface area contributed by atoms with E-state index in [2.05, 4.69) is 27.1 Å². The topological polar surface area (TPSA) is 50.9 Å². The predicted molar refractivity (Wildman–Crippen MR) is 68.5 cm³/mol. The van der Waals surface area contributed by atoms with Gasteiger partial charge in [0.25, 0.3) is 0 Å². The molecule has 0 amide bonds. The number of nitrogens with zero attached hydrogens (tertiary/aromatic N) is 1. The molecule has 0 radical (unpaired) electrons. The Balaban J connectivity index is 2.17. The van der Waals surface area contributed by atoms with Gasteiger partial charge in [-0.05, 0) is 47.5 Å². The summed E-state index contributed by atoms with van der Waals surface area (Å²) in [5, 5.41) is 7.55. The molecule has 1 atom stereocenters. The summed E-state index contributed by atoms with van der Waals surface area (Å²) in [7, 11) is 1.97. The summed E-state index contributed by atoms with van der Waals surface area (Å²) >= 11 is 1.71. The van der Waals surface area contributed by atoms with Gasteiger partial charge in [0.15, 0.2) is 0 Å². The van der Waals surface area contributed by atoms with Crippen LogP contribution in [0.4, 0.5) is 5.82 Å². The van der Waals surface area contributed by atoms with Crippen molar-refractivity contribution in [3.8, 4) is 0 Å². The molecule has 0 spiro atoms. The second-order valence-corrected chi connectivity index (χ2v) is 4.43. The number of anilines is 1. The minimum atomic E-state index is 0.303. The Bertz CT molecular complexity index is 439. The van der Waals surface area contributed by atoms with Gasteiger partial charge in [-0.2, -0.15) is 11.3 Å². The number of nitrogen functional groups attached to an aromatic ring is 1. The van der Waals surface area contributed by atoms with E-state index in [1.165, 1.54) is 5.56 Å². The highest BCUT2D eigenvalue weighted by Gasteiger charge is 2.12. The molecule has 3 N–H and O–H groups in total. The number of nitrogens with two attached hydrogens (primary N) is 1. The van der Waals surface area contributed by atoms with Crippen LogP contribution in [0.2, 0.25) is 0 Å². The van der Waals surface area contributed by atoms with E-state index >= 15 is 0 Å². The van der Waals surface area contributed by atoms with Gasteiger partial charge in [0, 0.05) is 12.2 Å². The fourth-order valence-corrected chi connectivity index (χ4v) is 2.42. The standard InChI is InChI=1S/C12H15N3S/c1-14-11(10-4-6-16-8-10)7-9-3-2-5-15-12(9)13/h2-6,8,11,14H,7H2,1H3,(H2,13,15). The van der Waals surface area contributed by atoms with E-state index < -0.39 is 0 Å². The fraction of sp³-hybridized carbons (Fsp3) is 0.250. The summed E-state index contributed by atoms with van der Waals surface area (Å²) in [5.74, 6) is 0.623.